The number of methoxy groups -OCH3 is 1. The zero-order chi connectivity index (χ0) is 16.5. The van der Waals surface area contributed by atoms with Crippen LogP contribution in [-0.2, 0) is 19.1 Å². The predicted molar refractivity (Wildman–Crippen MR) is 75.1 cm³/mol. The Hall–Kier alpha value is -2.90. The highest BCUT2D eigenvalue weighted by Crippen LogP contribution is 2.18. The van der Waals surface area contributed by atoms with Crippen LogP contribution in [0.5, 0.6) is 5.75 Å². The van der Waals surface area contributed by atoms with Crippen molar-refractivity contribution in [3.63, 3.8) is 0 Å². The molecule has 118 valence electrons. The first-order valence-electron chi connectivity index (χ1n) is 6.15. The van der Waals surface area contributed by atoms with Crippen LogP contribution in [-0.4, -0.2) is 38.0 Å². The first-order chi connectivity index (χ1) is 10.4. The second kappa shape index (κ2) is 8.40. The van der Waals surface area contributed by atoms with E-state index in [-0.39, 0.29) is 12.3 Å². The van der Waals surface area contributed by atoms with Crippen LogP contribution in [0.3, 0.4) is 0 Å². The maximum absolute atomic E-state index is 13.4. The molecular formula is C14H15FN2O5. The zero-order valence-corrected chi connectivity index (χ0v) is 11.8. The van der Waals surface area contributed by atoms with Gasteiger partial charge in [0, 0.05) is 6.08 Å². The van der Waals surface area contributed by atoms with Crippen LogP contribution in [0.1, 0.15) is 5.56 Å². The first kappa shape index (κ1) is 17.2. The van der Waals surface area contributed by atoms with Crippen molar-refractivity contribution in [2.24, 2.45) is 5.73 Å². The molecule has 0 aliphatic rings. The Kier molecular flexibility index (Phi) is 6.55. The molecular weight excluding hydrogens is 295 g/mol. The van der Waals surface area contributed by atoms with Crippen molar-refractivity contribution >= 4 is 23.9 Å². The molecule has 0 spiro atoms. The number of carbonyl (C=O) groups is 3. The summed E-state index contributed by atoms with van der Waals surface area (Å²) in [6, 6.07) is 4.14. The molecule has 0 aliphatic heterocycles. The van der Waals surface area contributed by atoms with Crippen LogP contribution in [0.15, 0.2) is 24.3 Å². The van der Waals surface area contributed by atoms with Crippen LogP contribution in [0.25, 0.3) is 6.08 Å². The molecule has 1 aromatic rings. The number of amides is 2. The van der Waals surface area contributed by atoms with Crippen molar-refractivity contribution in [2.75, 3.05) is 20.3 Å². The van der Waals surface area contributed by atoms with E-state index in [0.29, 0.717) is 5.56 Å². The van der Waals surface area contributed by atoms with E-state index in [2.05, 4.69) is 10.1 Å². The molecule has 0 bridgehead atoms. The van der Waals surface area contributed by atoms with E-state index < -0.39 is 30.2 Å². The first-order valence-corrected chi connectivity index (χ1v) is 6.15. The molecule has 0 saturated heterocycles. The molecule has 0 aliphatic carbocycles. The number of nitrogens with two attached hydrogens (primary N) is 1. The predicted octanol–water partition coefficient (Wildman–Crippen LogP) is -0.00780. The van der Waals surface area contributed by atoms with E-state index in [1.165, 1.54) is 25.3 Å². The lowest BCUT2D eigenvalue weighted by Crippen LogP contribution is -2.35. The number of hydrogen-bond donors (Lipinski definition) is 2. The summed E-state index contributed by atoms with van der Waals surface area (Å²) in [5.41, 5.74) is 5.25. The molecule has 1 aromatic carbocycles. The average Bonchev–Trinajstić information content (AvgIpc) is 2.48. The third kappa shape index (κ3) is 6.04. The summed E-state index contributed by atoms with van der Waals surface area (Å²) in [6.07, 6.45) is 2.37. The fraction of sp³-hybridized carbons (Fsp3) is 0.214. The number of hydrogen-bond acceptors (Lipinski definition) is 5. The second-order valence-corrected chi connectivity index (χ2v) is 4.08. The average molecular weight is 310 g/mol. The lowest BCUT2D eigenvalue weighted by atomic mass is 10.2. The van der Waals surface area contributed by atoms with Gasteiger partial charge >= 0.3 is 5.97 Å². The Morgan fingerprint density at radius 1 is 1.36 bits per heavy atom. The molecule has 22 heavy (non-hydrogen) atoms. The summed E-state index contributed by atoms with van der Waals surface area (Å²) in [5.74, 6) is -2.63. The van der Waals surface area contributed by atoms with Gasteiger partial charge in [-0.25, -0.2) is 9.18 Å². The van der Waals surface area contributed by atoms with Crippen LogP contribution in [0.2, 0.25) is 0 Å². The van der Waals surface area contributed by atoms with Crippen LogP contribution in [0.4, 0.5) is 4.39 Å². The molecule has 7 nitrogen and oxygen atoms in total. The van der Waals surface area contributed by atoms with Crippen LogP contribution >= 0.6 is 0 Å². The van der Waals surface area contributed by atoms with Crippen molar-refractivity contribution in [1.29, 1.82) is 0 Å². The maximum Gasteiger partial charge on any atom is 0.331 e. The lowest BCUT2D eigenvalue weighted by Gasteiger charge is -2.03. The van der Waals surface area contributed by atoms with E-state index in [0.717, 1.165) is 6.08 Å². The highest BCUT2D eigenvalue weighted by atomic mass is 19.1. The van der Waals surface area contributed by atoms with Crippen molar-refractivity contribution in [3.8, 4) is 5.75 Å². The van der Waals surface area contributed by atoms with Gasteiger partial charge in [0.2, 0.25) is 5.91 Å². The molecule has 0 radical (unpaired) electrons. The van der Waals surface area contributed by atoms with E-state index in [1.54, 1.807) is 6.07 Å². The monoisotopic (exact) mass is 310 g/mol. The van der Waals surface area contributed by atoms with Crippen LogP contribution < -0.4 is 15.8 Å². The number of esters is 1. The second-order valence-electron chi connectivity index (χ2n) is 4.08. The molecule has 2 amide bonds. The number of benzene rings is 1. The van der Waals surface area contributed by atoms with Crippen LogP contribution in [0, 0.1) is 5.82 Å². The summed E-state index contributed by atoms with van der Waals surface area (Å²) < 4.78 is 22.8. The smallest absolute Gasteiger partial charge is 0.331 e. The SMILES string of the molecule is COc1ccc(/C=C/C(=O)OCC(=O)NCC(N)=O)cc1F. The summed E-state index contributed by atoms with van der Waals surface area (Å²) in [5, 5.41) is 2.15. The van der Waals surface area contributed by atoms with Gasteiger partial charge in [-0.05, 0) is 23.8 Å². The maximum atomic E-state index is 13.4. The molecule has 0 atom stereocenters. The Morgan fingerprint density at radius 3 is 2.68 bits per heavy atom. The Balaban J connectivity index is 2.46. The molecule has 1 rings (SSSR count). The number of nitrogens with one attached hydrogen (secondary N) is 1. The third-order valence-corrected chi connectivity index (χ3v) is 2.39. The van der Waals surface area contributed by atoms with Gasteiger partial charge in [-0.3, -0.25) is 9.59 Å². The van der Waals surface area contributed by atoms with Crippen molar-refractivity contribution in [3.05, 3.63) is 35.7 Å². The van der Waals surface area contributed by atoms with Gasteiger partial charge < -0.3 is 20.5 Å². The Labute approximate surface area is 125 Å². The minimum Gasteiger partial charge on any atom is -0.494 e. The van der Waals surface area contributed by atoms with E-state index in [9.17, 15) is 18.8 Å². The fourth-order valence-corrected chi connectivity index (χ4v) is 1.37. The number of ether oxygens (including phenoxy) is 2. The molecule has 0 heterocycles. The Bertz CT molecular complexity index is 601. The van der Waals surface area contributed by atoms with Crippen molar-refractivity contribution < 1.29 is 28.2 Å². The van der Waals surface area contributed by atoms with Crippen molar-refractivity contribution in [1.82, 2.24) is 5.32 Å². The lowest BCUT2D eigenvalue weighted by molar-refractivity contribution is -0.143. The highest BCUT2D eigenvalue weighted by Gasteiger charge is 2.06. The third-order valence-electron chi connectivity index (χ3n) is 2.39. The van der Waals surface area contributed by atoms with Gasteiger partial charge in [-0.15, -0.1) is 0 Å². The van der Waals surface area contributed by atoms with Gasteiger partial charge in [0.25, 0.3) is 5.91 Å². The molecule has 0 unspecified atom stereocenters. The molecule has 3 N–H and O–H groups in total. The Morgan fingerprint density at radius 2 is 2.09 bits per heavy atom. The van der Waals surface area contributed by atoms with E-state index in [1.807, 2.05) is 0 Å². The minimum atomic E-state index is -0.787. The molecule has 0 fully saturated rings. The van der Waals surface area contributed by atoms with E-state index >= 15 is 0 Å². The molecule has 8 heteroatoms. The summed E-state index contributed by atoms with van der Waals surface area (Å²) in [4.78, 5) is 32.9. The summed E-state index contributed by atoms with van der Waals surface area (Å²) >= 11 is 0. The standard InChI is InChI=1S/C14H15FN2O5/c1-21-11-4-2-9(6-10(11)15)3-5-14(20)22-8-13(19)17-7-12(16)18/h2-6H,7-8H2,1H3,(H2,16,18)(H,17,19)/b5-3+. The van der Waals surface area contributed by atoms with Gasteiger partial charge in [-0.2, -0.15) is 0 Å². The topological polar surface area (TPSA) is 108 Å². The van der Waals surface area contributed by atoms with Gasteiger partial charge in [0.15, 0.2) is 18.2 Å². The quantitative estimate of drug-likeness (QED) is 0.544. The number of rotatable bonds is 7. The van der Waals surface area contributed by atoms with E-state index in [4.69, 9.17) is 10.5 Å². The normalized spacial score (nSPS) is 10.3. The fourth-order valence-electron chi connectivity index (χ4n) is 1.37. The van der Waals surface area contributed by atoms with Gasteiger partial charge in [-0.1, -0.05) is 6.07 Å². The van der Waals surface area contributed by atoms with Crippen molar-refractivity contribution in [2.45, 2.75) is 0 Å². The van der Waals surface area contributed by atoms with Gasteiger partial charge in [0.1, 0.15) is 0 Å². The van der Waals surface area contributed by atoms with Gasteiger partial charge in [0.05, 0.1) is 13.7 Å². The summed E-state index contributed by atoms with van der Waals surface area (Å²) in [6.45, 7) is -0.884. The zero-order valence-electron chi connectivity index (χ0n) is 11.8. The summed E-state index contributed by atoms with van der Waals surface area (Å²) in [7, 11) is 1.34. The number of primary amides is 1. The largest absolute Gasteiger partial charge is 0.494 e. The molecule has 0 saturated carbocycles. The minimum absolute atomic E-state index is 0.0887. The highest BCUT2D eigenvalue weighted by molar-refractivity contribution is 5.90. The number of halogens is 1. The molecule has 0 aromatic heterocycles. The number of carbonyl (C=O) groups excluding carboxylic acids is 3.